The number of hydrogen-bond donors (Lipinski definition) is 2. The third kappa shape index (κ3) is 2.03. The lowest BCUT2D eigenvalue weighted by molar-refractivity contribution is 0.0695. The summed E-state index contributed by atoms with van der Waals surface area (Å²) >= 11 is 0. The normalized spacial score (nSPS) is 23.9. The summed E-state index contributed by atoms with van der Waals surface area (Å²) in [5.74, 6) is -1.72. The van der Waals surface area contributed by atoms with E-state index in [2.05, 4.69) is 0 Å². The quantitative estimate of drug-likeness (QED) is 0.818. The summed E-state index contributed by atoms with van der Waals surface area (Å²) in [6, 6.07) is 2.54. The van der Waals surface area contributed by atoms with E-state index in [-0.39, 0.29) is 12.2 Å². The highest BCUT2D eigenvalue weighted by Crippen LogP contribution is 2.31. The van der Waals surface area contributed by atoms with E-state index in [9.17, 15) is 9.18 Å². The Labute approximate surface area is 98.2 Å². The number of carbonyl (C=O) groups is 1. The molecule has 1 aliphatic heterocycles. The van der Waals surface area contributed by atoms with Crippen molar-refractivity contribution in [1.82, 2.24) is 0 Å². The highest BCUT2D eigenvalue weighted by atomic mass is 19.1. The second-order valence-corrected chi connectivity index (χ2v) is 4.41. The first-order valence-electron chi connectivity index (χ1n) is 5.34. The summed E-state index contributed by atoms with van der Waals surface area (Å²) in [4.78, 5) is 10.9. The fourth-order valence-corrected chi connectivity index (χ4v) is 2.09. The minimum atomic E-state index is -1.14. The molecule has 1 saturated heterocycles. The second-order valence-electron chi connectivity index (χ2n) is 4.41. The predicted octanol–water partition coefficient (Wildman–Crippen LogP) is 1.41. The Bertz CT molecular complexity index is 467. The second kappa shape index (κ2) is 4.09. The number of benzene rings is 1. The Kier molecular flexibility index (Phi) is 2.89. The van der Waals surface area contributed by atoms with Crippen molar-refractivity contribution in [3.8, 4) is 0 Å². The Balaban J connectivity index is 2.50. The zero-order valence-electron chi connectivity index (χ0n) is 9.50. The number of carboxylic acid groups (broad SMARTS) is 1. The predicted molar refractivity (Wildman–Crippen MR) is 59.4 cm³/mol. The lowest BCUT2D eigenvalue weighted by Gasteiger charge is -2.23. The van der Waals surface area contributed by atoms with Crippen LogP contribution in [0.2, 0.25) is 0 Å². The number of aromatic carboxylic acids is 1. The van der Waals surface area contributed by atoms with Crippen LogP contribution in [0.3, 0.4) is 0 Å². The van der Waals surface area contributed by atoms with Gasteiger partial charge in [0.1, 0.15) is 5.82 Å². The number of carboxylic acids is 1. The minimum Gasteiger partial charge on any atom is -0.478 e. The topological polar surface area (TPSA) is 72.5 Å². The lowest BCUT2D eigenvalue weighted by Crippen LogP contribution is -2.38. The standard InChI is InChI=1S/C12H14FNO3/c1-7-4-9(12(14)2-3-17-6-12)10(13)5-8(7)11(15)16/h4-5H,2-3,6,14H2,1H3,(H,15,16). The number of halogens is 1. The first-order valence-corrected chi connectivity index (χ1v) is 5.34. The molecule has 1 unspecified atom stereocenters. The fourth-order valence-electron chi connectivity index (χ4n) is 2.09. The van der Waals surface area contributed by atoms with Gasteiger partial charge in [-0.1, -0.05) is 6.07 Å². The van der Waals surface area contributed by atoms with Crippen molar-refractivity contribution in [3.63, 3.8) is 0 Å². The van der Waals surface area contributed by atoms with E-state index in [1.54, 1.807) is 6.92 Å². The minimum absolute atomic E-state index is 0.0336. The fraction of sp³-hybridized carbons (Fsp3) is 0.417. The Morgan fingerprint density at radius 3 is 2.82 bits per heavy atom. The van der Waals surface area contributed by atoms with Crippen molar-refractivity contribution in [3.05, 3.63) is 34.6 Å². The van der Waals surface area contributed by atoms with Gasteiger partial charge in [0.05, 0.1) is 17.7 Å². The van der Waals surface area contributed by atoms with Gasteiger partial charge >= 0.3 is 5.97 Å². The SMILES string of the molecule is Cc1cc(C2(N)CCOC2)c(F)cc1C(=O)O. The van der Waals surface area contributed by atoms with Crippen LogP contribution >= 0.6 is 0 Å². The van der Waals surface area contributed by atoms with Gasteiger partial charge in [-0.05, 0) is 25.0 Å². The number of hydrogen-bond acceptors (Lipinski definition) is 3. The number of ether oxygens (including phenoxy) is 1. The largest absolute Gasteiger partial charge is 0.478 e. The van der Waals surface area contributed by atoms with Crippen molar-refractivity contribution in [2.45, 2.75) is 18.9 Å². The average molecular weight is 239 g/mol. The number of aryl methyl sites for hydroxylation is 1. The van der Waals surface area contributed by atoms with Crippen LogP contribution in [-0.2, 0) is 10.3 Å². The molecule has 1 heterocycles. The van der Waals surface area contributed by atoms with Crippen molar-refractivity contribution < 1.29 is 19.0 Å². The molecule has 0 saturated carbocycles. The Morgan fingerprint density at radius 2 is 2.29 bits per heavy atom. The van der Waals surface area contributed by atoms with Crippen molar-refractivity contribution in [2.75, 3.05) is 13.2 Å². The van der Waals surface area contributed by atoms with Gasteiger partial charge in [0.15, 0.2) is 0 Å². The molecular weight excluding hydrogens is 225 g/mol. The Hall–Kier alpha value is -1.46. The molecule has 4 nitrogen and oxygen atoms in total. The van der Waals surface area contributed by atoms with Crippen LogP contribution in [0.25, 0.3) is 0 Å². The van der Waals surface area contributed by atoms with Gasteiger partial charge in [-0.25, -0.2) is 9.18 Å². The van der Waals surface area contributed by atoms with Crippen molar-refractivity contribution >= 4 is 5.97 Å². The van der Waals surface area contributed by atoms with Gasteiger partial charge in [-0.2, -0.15) is 0 Å². The lowest BCUT2D eigenvalue weighted by atomic mass is 9.87. The molecule has 0 bridgehead atoms. The van der Waals surface area contributed by atoms with Crippen LogP contribution < -0.4 is 5.73 Å². The highest BCUT2D eigenvalue weighted by molar-refractivity contribution is 5.89. The summed E-state index contributed by atoms with van der Waals surface area (Å²) < 4.78 is 19.1. The molecule has 3 N–H and O–H groups in total. The molecule has 2 rings (SSSR count). The summed E-state index contributed by atoms with van der Waals surface area (Å²) in [7, 11) is 0. The van der Waals surface area contributed by atoms with E-state index in [1.165, 1.54) is 6.07 Å². The van der Waals surface area contributed by atoms with Crippen LogP contribution in [-0.4, -0.2) is 24.3 Å². The zero-order valence-corrected chi connectivity index (χ0v) is 9.50. The molecule has 5 heteroatoms. The highest BCUT2D eigenvalue weighted by Gasteiger charge is 2.35. The van der Waals surface area contributed by atoms with Crippen molar-refractivity contribution in [1.29, 1.82) is 0 Å². The molecule has 1 aromatic rings. The van der Waals surface area contributed by atoms with Gasteiger partial charge in [0, 0.05) is 12.2 Å². The first kappa shape index (κ1) is 12.0. The van der Waals surface area contributed by atoms with Crippen LogP contribution in [0.4, 0.5) is 4.39 Å². The number of rotatable bonds is 2. The Morgan fingerprint density at radius 1 is 1.59 bits per heavy atom. The summed E-state index contributed by atoms with van der Waals surface area (Å²) in [6.45, 7) is 2.39. The third-order valence-electron chi connectivity index (χ3n) is 3.13. The molecule has 0 aromatic heterocycles. The molecule has 1 aromatic carbocycles. The van der Waals surface area contributed by atoms with E-state index in [4.69, 9.17) is 15.6 Å². The van der Waals surface area contributed by atoms with Crippen LogP contribution in [0.15, 0.2) is 12.1 Å². The molecule has 0 radical (unpaired) electrons. The molecule has 1 atom stereocenters. The maximum atomic E-state index is 13.9. The summed E-state index contributed by atoms with van der Waals surface area (Å²) in [6.07, 6.45) is 0.537. The smallest absolute Gasteiger partial charge is 0.336 e. The van der Waals surface area contributed by atoms with Crippen molar-refractivity contribution in [2.24, 2.45) is 5.73 Å². The number of nitrogens with two attached hydrogens (primary N) is 1. The summed E-state index contributed by atoms with van der Waals surface area (Å²) in [5.41, 5.74) is 6.03. The monoisotopic (exact) mass is 239 g/mol. The van der Waals surface area contributed by atoms with Gasteiger partial charge < -0.3 is 15.6 Å². The van der Waals surface area contributed by atoms with E-state index < -0.39 is 17.3 Å². The third-order valence-corrected chi connectivity index (χ3v) is 3.13. The zero-order chi connectivity index (χ0) is 12.6. The molecule has 92 valence electrons. The van der Waals surface area contributed by atoms with Crippen LogP contribution in [0.5, 0.6) is 0 Å². The van der Waals surface area contributed by atoms with E-state index >= 15 is 0 Å². The first-order chi connectivity index (χ1) is 7.94. The molecule has 1 aliphatic rings. The van der Waals surface area contributed by atoms with E-state index in [0.29, 0.717) is 24.2 Å². The van der Waals surface area contributed by atoms with Gasteiger partial charge in [-0.3, -0.25) is 0 Å². The summed E-state index contributed by atoms with van der Waals surface area (Å²) in [5, 5.41) is 8.89. The average Bonchev–Trinajstić information content (AvgIpc) is 2.69. The maximum absolute atomic E-state index is 13.9. The molecule has 1 fully saturated rings. The molecule has 0 amide bonds. The van der Waals surface area contributed by atoms with Gasteiger partial charge in [0.25, 0.3) is 0 Å². The molecular formula is C12H14FNO3. The van der Waals surface area contributed by atoms with Gasteiger partial charge in [0.2, 0.25) is 0 Å². The molecule has 0 aliphatic carbocycles. The molecule has 17 heavy (non-hydrogen) atoms. The van der Waals surface area contributed by atoms with Crippen LogP contribution in [0.1, 0.15) is 27.9 Å². The van der Waals surface area contributed by atoms with E-state index in [1.807, 2.05) is 0 Å². The van der Waals surface area contributed by atoms with Gasteiger partial charge in [-0.15, -0.1) is 0 Å². The van der Waals surface area contributed by atoms with Crippen LogP contribution in [0, 0.1) is 12.7 Å². The maximum Gasteiger partial charge on any atom is 0.336 e. The van der Waals surface area contributed by atoms with E-state index in [0.717, 1.165) is 6.07 Å². The molecule has 0 spiro atoms.